The summed E-state index contributed by atoms with van der Waals surface area (Å²) in [5.41, 5.74) is 5.11. The summed E-state index contributed by atoms with van der Waals surface area (Å²) in [6.45, 7) is 6.17. The Balaban J connectivity index is 2.35. The van der Waals surface area contributed by atoms with Crippen molar-refractivity contribution in [3.8, 4) is 11.1 Å². The SMILES string of the molecule is Cc1nn2c(C(C)C)cc(C(=O)N(C)C)nc2c1-c1ccccc1. The molecule has 3 rings (SSSR count). The van der Waals surface area contributed by atoms with E-state index in [2.05, 4.69) is 23.9 Å². The van der Waals surface area contributed by atoms with Crippen LogP contribution in [0, 0.1) is 6.92 Å². The van der Waals surface area contributed by atoms with E-state index >= 15 is 0 Å². The van der Waals surface area contributed by atoms with Gasteiger partial charge < -0.3 is 4.90 Å². The highest BCUT2D eigenvalue weighted by Gasteiger charge is 2.20. The van der Waals surface area contributed by atoms with Crippen LogP contribution in [0.2, 0.25) is 0 Å². The standard InChI is InChI=1S/C19H22N4O/c1-12(2)16-11-15(19(24)22(4)5)20-18-17(13(3)21-23(16)18)14-9-7-6-8-10-14/h6-12H,1-5H3. The molecule has 0 unspecified atom stereocenters. The van der Waals surface area contributed by atoms with Crippen molar-refractivity contribution in [2.24, 2.45) is 0 Å². The van der Waals surface area contributed by atoms with Crippen molar-refractivity contribution in [2.45, 2.75) is 26.7 Å². The number of nitrogens with zero attached hydrogens (tertiary/aromatic N) is 4. The quantitative estimate of drug-likeness (QED) is 0.741. The molecule has 0 fully saturated rings. The van der Waals surface area contributed by atoms with Gasteiger partial charge in [0.05, 0.1) is 5.69 Å². The van der Waals surface area contributed by atoms with Crippen LogP contribution in [0.4, 0.5) is 0 Å². The molecular formula is C19H22N4O. The lowest BCUT2D eigenvalue weighted by Gasteiger charge is -2.14. The fourth-order valence-corrected chi connectivity index (χ4v) is 2.84. The molecule has 2 heterocycles. The number of benzene rings is 1. The first kappa shape index (κ1) is 16.2. The maximum absolute atomic E-state index is 12.5. The highest BCUT2D eigenvalue weighted by molar-refractivity contribution is 5.93. The van der Waals surface area contributed by atoms with Crippen molar-refractivity contribution in [3.05, 3.63) is 53.5 Å². The molecule has 5 nitrogen and oxygen atoms in total. The van der Waals surface area contributed by atoms with E-state index in [1.165, 1.54) is 0 Å². The zero-order chi connectivity index (χ0) is 17.4. The van der Waals surface area contributed by atoms with Gasteiger partial charge in [-0.3, -0.25) is 4.79 Å². The second kappa shape index (κ2) is 6.07. The second-order valence-corrected chi connectivity index (χ2v) is 6.48. The van der Waals surface area contributed by atoms with E-state index in [1.807, 2.05) is 47.8 Å². The maximum Gasteiger partial charge on any atom is 0.272 e. The second-order valence-electron chi connectivity index (χ2n) is 6.48. The predicted octanol–water partition coefficient (Wildman–Crippen LogP) is 3.53. The number of fused-ring (bicyclic) bond motifs is 1. The minimum Gasteiger partial charge on any atom is -0.343 e. The molecule has 0 spiro atoms. The predicted molar refractivity (Wildman–Crippen MR) is 95.3 cm³/mol. The summed E-state index contributed by atoms with van der Waals surface area (Å²) in [4.78, 5) is 18.6. The molecule has 0 N–H and O–H groups in total. The summed E-state index contributed by atoms with van der Waals surface area (Å²) in [6.07, 6.45) is 0. The van der Waals surface area contributed by atoms with Gasteiger partial charge in [0.25, 0.3) is 5.91 Å². The lowest BCUT2D eigenvalue weighted by atomic mass is 10.1. The fourth-order valence-electron chi connectivity index (χ4n) is 2.84. The summed E-state index contributed by atoms with van der Waals surface area (Å²) in [7, 11) is 3.48. The molecule has 0 aliphatic carbocycles. The Kier molecular flexibility index (Phi) is 4.09. The van der Waals surface area contributed by atoms with E-state index in [4.69, 9.17) is 0 Å². The molecule has 0 aliphatic heterocycles. The molecule has 24 heavy (non-hydrogen) atoms. The van der Waals surface area contributed by atoms with Crippen LogP contribution in [0.25, 0.3) is 16.8 Å². The van der Waals surface area contributed by atoms with Gasteiger partial charge in [-0.1, -0.05) is 44.2 Å². The molecule has 0 aliphatic rings. The van der Waals surface area contributed by atoms with Gasteiger partial charge in [-0.05, 0) is 24.5 Å². The average Bonchev–Trinajstić information content (AvgIpc) is 2.89. The first-order chi connectivity index (χ1) is 11.4. The first-order valence-electron chi connectivity index (χ1n) is 8.07. The number of hydrogen-bond donors (Lipinski definition) is 0. The number of carbonyl (C=O) groups is 1. The van der Waals surface area contributed by atoms with E-state index in [0.29, 0.717) is 5.69 Å². The minimum atomic E-state index is -0.0998. The smallest absolute Gasteiger partial charge is 0.272 e. The molecule has 3 aromatic rings. The Labute approximate surface area is 141 Å². The molecular weight excluding hydrogens is 300 g/mol. The third-order valence-corrected chi connectivity index (χ3v) is 4.07. The van der Waals surface area contributed by atoms with Crippen LogP contribution in [0.5, 0.6) is 0 Å². The van der Waals surface area contributed by atoms with E-state index in [9.17, 15) is 4.79 Å². The van der Waals surface area contributed by atoms with Gasteiger partial charge >= 0.3 is 0 Å². The first-order valence-corrected chi connectivity index (χ1v) is 8.07. The Morgan fingerprint density at radius 2 is 1.83 bits per heavy atom. The number of carbonyl (C=O) groups excluding carboxylic acids is 1. The molecule has 0 radical (unpaired) electrons. The zero-order valence-electron chi connectivity index (χ0n) is 14.7. The molecule has 1 amide bonds. The molecule has 124 valence electrons. The van der Waals surface area contributed by atoms with Crippen LogP contribution >= 0.6 is 0 Å². The largest absolute Gasteiger partial charge is 0.343 e. The Hall–Kier alpha value is -2.69. The normalized spacial score (nSPS) is 11.2. The number of hydrogen-bond acceptors (Lipinski definition) is 3. The van der Waals surface area contributed by atoms with Crippen LogP contribution < -0.4 is 0 Å². The van der Waals surface area contributed by atoms with Gasteiger partial charge in [0, 0.05) is 25.4 Å². The number of amides is 1. The van der Waals surface area contributed by atoms with Crippen molar-refractivity contribution >= 4 is 11.6 Å². The summed E-state index contributed by atoms with van der Waals surface area (Å²) < 4.78 is 1.87. The van der Waals surface area contributed by atoms with Gasteiger partial charge in [-0.2, -0.15) is 5.10 Å². The summed E-state index contributed by atoms with van der Waals surface area (Å²) >= 11 is 0. The van der Waals surface area contributed by atoms with Crippen LogP contribution in [-0.2, 0) is 0 Å². The van der Waals surface area contributed by atoms with Crippen molar-refractivity contribution in [3.63, 3.8) is 0 Å². The van der Waals surface area contributed by atoms with Crippen molar-refractivity contribution in [1.29, 1.82) is 0 Å². The average molecular weight is 322 g/mol. The van der Waals surface area contributed by atoms with Crippen LogP contribution in [0.1, 0.15) is 41.6 Å². The van der Waals surface area contributed by atoms with E-state index < -0.39 is 0 Å². The number of rotatable bonds is 3. The van der Waals surface area contributed by atoms with E-state index in [0.717, 1.165) is 28.2 Å². The molecule has 5 heteroatoms. The number of aromatic nitrogens is 3. The molecule has 1 aromatic carbocycles. The van der Waals surface area contributed by atoms with Crippen LogP contribution in [0.15, 0.2) is 36.4 Å². The van der Waals surface area contributed by atoms with Gasteiger partial charge in [-0.15, -0.1) is 0 Å². The molecule has 0 saturated carbocycles. The molecule has 2 aromatic heterocycles. The monoisotopic (exact) mass is 322 g/mol. The summed E-state index contributed by atoms with van der Waals surface area (Å²) in [5, 5.41) is 4.69. The zero-order valence-corrected chi connectivity index (χ0v) is 14.7. The Bertz CT molecular complexity index is 895. The van der Waals surface area contributed by atoms with Gasteiger partial charge in [0.2, 0.25) is 0 Å². The van der Waals surface area contributed by atoms with Crippen molar-refractivity contribution in [1.82, 2.24) is 19.5 Å². The van der Waals surface area contributed by atoms with E-state index in [-0.39, 0.29) is 11.8 Å². The lowest BCUT2D eigenvalue weighted by Crippen LogP contribution is -2.23. The van der Waals surface area contributed by atoms with Crippen LogP contribution in [-0.4, -0.2) is 39.5 Å². The van der Waals surface area contributed by atoms with Crippen molar-refractivity contribution < 1.29 is 4.79 Å². The number of aryl methyl sites for hydroxylation is 1. The Morgan fingerprint density at radius 1 is 1.17 bits per heavy atom. The van der Waals surface area contributed by atoms with Gasteiger partial charge in [0.15, 0.2) is 5.65 Å². The molecule has 0 bridgehead atoms. The fraction of sp³-hybridized carbons (Fsp3) is 0.316. The third kappa shape index (κ3) is 2.66. The van der Waals surface area contributed by atoms with Gasteiger partial charge in [-0.25, -0.2) is 9.50 Å². The lowest BCUT2D eigenvalue weighted by molar-refractivity contribution is 0.0822. The van der Waals surface area contributed by atoms with E-state index in [1.54, 1.807) is 19.0 Å². The Morgan fingerprint density at radius 3 is 2.42 bits per heavy atom. The topological polar surface area (TPSA) is 50.5 Å². The minimum absolute atomic E-state index is 0.0998. The highest BCUT2D eigenvalue weighted by atomic mass is 16.2. The highest BCUT2D eigenvalue weighted by Crippen LogP contribution is 2.29. The molecule has 0 saturated heterocycles. The van der Waals surface area contributed by atoms with Crippen LogP contribution in [0.3, 0.4) is 0 Å². The summed E-state index contributed by atoms with van der Waals surface area (Å²) in [5.74, 6) is 0.129. The molecule has 0 atom stereocenters. The third-order valence-electron chi connectivity index (χ3n) is 4.07. The maximum atomic E-state index is 12.5. The summed E-state index contributed by atoms with van der Waals surface area (Å²) in [6, 6.07) is 11.9. The van der Waals surface area contributed by atoms with Crippen molar-refractivity contribution in [2.75, 3.05) is 14.1 Å². The van der Waals surface area contributed by atoms with Gasteiger partial charge in [0.1, 0.15) is 5.69 Å².